The maximum absolute atomic E-state index is 12.6. The lowest BCUT2D eigenvalue weighted by molar-refractivity contribution is -0.127. The fourth-order valence-electron chi connectivity index (χ4n) is 3.13. The van der Waals surface area contributed by atoms with Gasteiger partial charge >= 0.3 is 0 Å². The third kappa shape index (κ3) is 5.94. The Balaban J connectivity index is 0.00000338. The van der Waals surface area contributed by atoms with Crippen molar-refractivity contribution < 1.29 is 13.2 Å². The SMILES string of the molecule is CC(C)(C)NS(=O)(=O)c1ccccc1CNC(=O)C1(N)CCCCC1.Cl. The van der Waals surface area contributed by atoms with Crippen molar-refractivity contribution in [2.45, 2.75) is 75.4 Å². The van der Waals surface area contributed by atoms with Gasteiger partial charge in [0, 0.05) is 12.1 Å². The molecular weight excluding hydrogens is 374 g/mol. The number of carbonyl (C=O) groups is 1. The highest BCUT2D eigenvalue weighted by Crippen LogP contribution is 2.26. The van der Waals surface area contributed by atoms with E-state index in [0.29, 0.717) is 18.4 Å². The summed E-state index contributed by atoms with van der Waals surface area (Å²) in [6.45, 7) is 5.50. The zero-order valence-corrected chi connectivity index (χ0v) is 17.3. The molecule has 0 spiro atoms. The molecule has 0 bridgehead atoms. The topological polar surface area (TPSA) is 101 Å². The van der Waals surface area contributed by atoms with E-state index in [1.54, 1.807) is 45.0 Å². The molecule has 26 heavy (non-hydrogen) atoms. The van der Waals surface area contributed by atoms with Gasteiger partial charge < -0.3 is 11.1 Å². The highest BCUT2D eigenvalue weighted by molar-refractivity contribution is 7.89. The summed E-state index contributed by atoms with van der Waals surface area (Å²) in [6.07, 6.45) is 4.34. The fourth-order valence-corrected chi connectivity index (χ4v) is 4.79. The maximum Gasteiger partial charge on any atom is 0.241 e. The molecule has 0 atom stereocenters. The molecule has 1 amide bonds. The van der Waals surface area contributed by atoms with E-state index >= 15 is 0 Å². The summed E-state index contributed by atoms with van der Waals surface area (Å²) in [4.78, 5) is 12.7. The Hall–Kier alpha value is -1.15. The first kappa shape index (κ1) is 22.9. The Morgan fingerprint density at radius 3 is 2.31 bits per heavy atom. The molecule has 0 aromatic heterocycles. The maximum atomic E-state index is 12.6. The van der Waals surface area contributed by atoms with Crippen LogP contribution < -0.4 is 15.8 Å². The van der Waals surface area contributed by atoms with Gasteiger partial charge in [0.1, 0.15) is 0 Å². The second-order valence-corrected chi connectivity index (χ2v) is 9.51. The molecule has 4 N–H and O–H groups in total. The zero-order valence-electron chi connectivity index (χ0n) is 15.7. The molecule has 0 heterocycles. The van der Waals surface area contributed by atoms with E-state index in [9.17, 15) is 13.2 Å². The normalized spacial score (nSPS) is 17.2. The lowest BCUT2D eigenvalue weighted by atomic mass is 9.82. The molecule has 1 aliphatic rings. The Labute approximate surface area is 162 Å². The van der Waals surface area contributed by atoms with E-state index < -0.39 is 21.1 Å². The van der Waals surface area contributed by atoms with Crippen molar-refractivity contribution in [1.82, 2.24) is 10.0 Å². The Kier molecular flexibility index (Phi) is 7.65. The monoisotopic (exact) mass is 403 g/mol. The number of benzene rings is 1. The molecule has 0 saturated heterocycles. The van der Waals surface area contributed by atoms with E-state index in [4.69, 9.17) is 5.73 Å². The van der Waals surface area contributed by atoms with Gasteiger partial charge in [-0.3, -0.25) is 4.79 Å². The molecule has 1 aromatic carbocycles. The minimum Gasteiger partial charge on any atom is -0.350 e. The van der Waals surface area contributed by atoms with E-state index in [1.807, 2.05) is 0 Å². The third-order valence-electron chi connectivity index (χ3n) is 4.34. The number of rotatable bonds is 5. The van der Waals surface area contributed by atoms with Crippen LogP contribution in [0.15, 0.2) is 29.2 Å². The van der Waals surface area contributed by atoms with E-state index in [-0.39, 0.29) is 29.8 Å². The second-order valence-electron chi connectivity index (χ2n) is 7.86. The Morgan fingerprint density at radius 2 is 1.73 bits per heavy atom. The molecule has 0 radical (unpaired) electrons. The van der Waals surface area contributed by atoms with Crippen molar-refractivity contribution >= 4 is 28.3 Å². The number of nitrogens with one attached hydrogen (secondary N) is 2. The molecule has 0 aliphatic heterocycles. The Bertz CT molecular complexity index is 723. The molecule has 8 heteroatoms. The van der Waals surface area contributed by atoms with Crippen LogP contribution in [-0.2, 0) is 21.4 Å². The van der Waals surface area contributed by atoms with Crippen LogP contribution in [0.3, 0.4) is 0 Å². The zero-order chi connectivity index (χ0) is 18.7. The van der Waals surface area contributed by atoms with E-state index in [0.717, 1.165) is 19.3 Å². The van der Waals surface area contributed by atoms with Gasteiger partial charge in [0.2, 0.25) is 15.9 Å². The van der Waals surface area contributed by atoms with Crippen molar-refractivity contribution in [3.05, 3.63) is 29.8 Å². The van der Waals surface area contributed by atoms with Crippen LogP contribution in [-0.4, -0.2) is 25.4 Å². The highest BCUT2D eigenvalue weighted by Gasteiger charge is 2.35. The van der Waals surface area contributed by atoms with Crippen molar-refractivity contribution in [3.63, 3.8) is 0 Å². The van der Waals surface area contributed by atoms with Gasteiger partial charge in [-0.05, 0) is 45.2 Å². The summed E-state index contributed by atoms with van der Waals surface area (Å²) >= 11 is 0. The molecule has 1 saturated carbocycles. The van der Waals surface area contributed by atoms with Crippen molar-refractivity contribution in [2.24, 2.45) is 5.73 Å². The van der Waals surface area contributed by atoms with E-state index in [1.165, 1.54) is 0 Å². The molecule has 0 unspecified atom stereocenters. The average molecular weight is 404 g/mol. The van der Waals surface area contributed by atoms with Crippen LogP contribution >= 0.6 is 12.4 Å². The lowest BCUT2D eigenvalue weighted by Gasteiger charge is -2.32. The molecule has 1 aromatic rings. The summed E-state index contributed by atoms with van der Waals surface area (Å²) in [6, 6.07) is 6.69. The van der Waals surface area contributed by atoms with Gasteiger partial charge in [-0.1, -0.05) is 37.5 Å². The summed E-state index contributed by atoms with van der Waals surface area (Å²) in [7, 11) is -3.67. The van der Waals surface area contributed by atoms with Crippen molar-refractivity contribution in [1.29, 1.82) is 0 Å². The smallest absolute Gasteiger partial charge is 0.241 e. The third-order valence-corrected chi connectivity index (χ3v) is 6.20. The minimum absolute atomic E-state index is 0. The summed E-state index contributed by atoms with van der Waals surface area (Å²) in [5.74, 6) is -0.205. The summed E-state index contributed by atoms with van der Waals surface area (Å²) in [5, 5.41) is 2.83. The number of amides is 1. The first-order valence-electron chi connectivity index (χ1n) is 8.73. The number of sulfonamides is 1. The van der Waals surface area contributed by atoms with E-state index in [2.05, 4.69) is 10.0 Å². The van der Waals surface area contributed by atoms with Gasteiger partial charge in [0.15, 0.2) is 0 Å². The average Bonchev–Trinajstić information content (AvgIpc) is 2.51. The van der Waals surface area contributed by atoms with Crippen LogP contribution in [0.4, 0.5) is 0 Å². The summed E-state index contributed by atoms with van der Waals surface area (Å²) in [5.41, 5.74) is 5.36. The van der Waals surface area contributed by atoms with Crippen LogP contribution in [0, 0.1) is 0 Å². The molecule has 1 fully saturated rings. The molecule has 6 nitrogen and oxygen atoms in total. The number of hydrogen-bond donors (Lipinski definition) is 3. The van der Waals surface area contributed by atoms with Crippen LogP contribution in [0.5, 0.6) is 0 Å². The Morgan fingerprint density at radius 1 is 1.15 bits per heavy atom. The van der Waals surface area contributed by atoms with Crippen LogP contribution in [0.25, 0.3) is 0 Å². The highest BCUT2D eigenvalue weighted by atomic mass is 35.5. The predicted octanol–water partition coefficient (Wildman–Crippen LogP) is 2.46. The van der Waals surface area contributed by atoms with Gasteiger partial charge in [-0.2, -0.15) is 0 Å². The fraction of sp³-hybridized carbons (Fsp3) is 0.611. The quantitative estimate of drug-likeness (QED) is 0.702. The number of halogens is 1. The lowest BCUT2D eigenvalue weighted by Crippen LogP contribution is -2.54. The minimum atomic E-state index is -3.67. The first-order chi connectivity index (χ1) is 11.5. The van der Waals surface area contributed by atoms with Crippen molar-refractivity contribution in [2.75, 3.05) is 0 Å². The standard InChI is InChI=1S/C18H29N3O3S.ClH/c1-17(2,3)21-25(23,24)15-10-6-5-9-14(15)13-20-16(22)18(19)11-7-4-8-12-18;/h5-6,9-10,21H,4,7-8,11-13,19H2,1-3H3,(H,20,22);1H. The summed E-state index contributed by atoms with van der Waals surface area (Å²) < 4.78 is 27.9. The number of hydrogen-bond acceptors (Lipinski definition) is 4. The second kappa shape index (κ2) is 8.69. The van der Waals surface area contributed by atoms with Gasteiger partial charge in [-0.15, -0.1) is 12.4 Å². The molecular formula is C18H30ClN3O3S. The molecule has 148 valence electrons. The van der Waals surface area contributed by atoms with Crippen molar-refractivity contribution in [3.8, 4) is 0 Å². The number of carbonyl (C=O) groups excluding carboxylic acids is 1. The molecule has 2 rings (SSSR count). The number of nitrogens with two attached hydrogens (primary N) is 1. The van der Waals surface area contributed by atoms with Gasteiger partial charge in [0.05, 0.1) is 10.4 Å². The first-order valence-corrected chi connectivity index (χ1v) is 10.2. The van der Waals surface area contributed by atoms with Gasteiger partial charge in [-0.25, -0.2) is 13.1 Å². The molecule has 1 aliphatic carbocycles. The van der Waals surface area contributed by atoms with Gasteiger partial charge in [0.25, 0.3) is 0 Å². The largest absolute Gasteiger partial charge is 0.350 e. The van der Waals surface area contributed by atoms with Crippen LogP contribution in [0.1, 0.15) is 58.4 Å². The van der Waals surface area contributed by atoms with Crippen LogP contribution in [0.2, 0.25) is 0 Å². The predicted molar refractivity (Wildman–Crippen MR) is 106 cm³/mol.